The molecule has 2 aromatic rings. The van der Waals surface area contributed by atoms with E-state index in [9.17, 15) is 5.11 Å². The molecule has 4 nitrogen and oxygen atoms in total. The number of piperazine rings is 1. The summed E-state index contributed by atoms with van der Waals surface area (Å²) in [6, 6.07) is 16.1. The molecule has 0 aliphatic carbocycles. The minimum Gasteiger partial charge on any atom is -0.507 e. The molecule has 23 heavy (non-hydrogen) atoms. The minimum atomic E-state index is 0.316. The Morgan fingerprint density at radius 1 is 0.913 bits per heavy atom. The molecule has 1 aliphatic rings. The van der Waals surface area contributed by atoms with Gasteiger partial charge in [0.1, 0.15) is 11.5 Å². The van der Waals surface area contributed by atoms with Crippen molar-refractivity contribution in [3.63, 3.8) is 0 Å². The molecule has 0 saturated carbocycles. The molecule has 3 rings (SSSR count). The van der Waals surface area contributed by atoms with Crippen LogP contribution in [0.4, 0.5) is 0 Å². The van der Waals surface area contributed by atoms with E-state index >= 15 is 0 Å². The normalized spacial score (nSPS) is 16.4. The Balaban J connectivity index is 1.51. The third-order valence-electron chi connectivity index (χ3n) is 4.40. The summed E-state index contributed by atoms with van der Waals surface area (Å²) in [5.74, 6) is 1.01. The zero-order valence-electron chi connectivity index (χ0n) is 13.6. The highest BCUT2D eigenvalue weighted by Crippen LogP contribution is 2.25. The monoisotopic (exact) mass is 312 g/mol. The van der Waals surface area contributed by atoms with E-state index < -0.39 is 0 Å². The lowest BCUT2D eigenvalue weighted by molar-refractivity contribution is 0.121. The molecule has 1 fully saturated rings. The summed E-state index contributed by atoms with van der Waals surface area (Å²) >= 11 is 0. The van der Waals surface area contributed by atoms with Crippen molar-refractivity contribution >= 4 is 0 Å². The number of nitrogens with zero attached hydrogens (tertiary/aromatic N) is 2. The molecule has 0 atom stereocenters. The molecule has 0 radical (unpaired) electrons. The second-order valence-electron chi connectivity index (χ2n) is 6.03. The van der Waals surface area contributed by atoms with Crippen LogP contribution in [0.3, 0.4) is 0 Å². The average Bonchev–Trinajstić information content (AvgIpc) is 2.59. The highest BCUT2D eigenvalue weighted by molar-refractivity contribution is 5.39. The molecule has 1 saturated heterocycles. The van der Waals surface area contributed by atoms with E-state index in [1.54, 1.807) is 13.2 Å². The highest BCUT2D eigenvalue weighted by Gasteiger charge is 2.18. The standard InChI is InChI=1S/C19H24N2O2/c1-23-18-8-7-17(19(22)13-18)15-21-11-9-20(10-12-21)14-16-5-3-2-4-6-16/h2-8,13,22H,9-12,14-15H2,1H3. The second kappa shape index (κ2) is 7.49. The highest BCUT2D eigenvalue weighted by atomic mass is 16.5. The van der Waals surface area contributed by atoms with Crippen LogP contribution in [-0.2, 0) is 13.1 Å². The molecule has 122 valence electrons. The number of hydrogen-bond acceptors (Lipinski definition) is 4. The van der Waals surface area contributed by atoms with Crippen LogP contribution < -0.4 is 4.74 Å². The van der Waals surface area contributed by atoms with Gasteiger partial charge in [-0.15, -0.1) is 0 Å². The number of rotatable bonds is 5. The first kappa shape index (κ1) is 15.8. The summed E-state index contributed by atoms with van der Waals surface area (Å²) in [5, 5.41) is 10.1. The molecule has 0 spiro atoms. The van der Waals surface area contributed by atoms with Gasteiger partial charge in [0, 0.05) is 50.9 Å². The predicted octanol–water partition coefficient (Wildman–Crippen LogP) is 2.72. The van der Waals surface area contributed by atoms with Gasteiger partial charge in [0.05, 0.1) is 7.11 Å². The number of aromatic hydroxyl groups is 1. The van der Waals surface area contributed by atoms with Gasteiger partial charge in [-0.2, -0.15) is 0 Å². The van der Waals surface area contributed by atoms with Gasteiger partial charge >= 0.3 is 0 Å². The first-order valence-corrected chi connectivity index (χ1v) is 8.09. The van der Waals surface area contributed by atoms with E-state index in [1.807, 2.05) is 12.1 Å². The number of phenolic OH excluding ortho intramolecular Hbond substituents is 1. The Bertz CT molecular complexity index is 623. The van der Waals surface area contributed by atoms with Crippen molar-refractivity contribution < 1.29 is 9.84 Å². The maximum Gasteiger partial charge on any atom is 0.123 e. The van der Waals surface area contributed by atoms with E-state index in [2.05, 4.69) is 40.1 Å². The van der Waals surface area contributed by atoms with Gasteiger partial charge < -0.3 is 9.84 Å². The van der Waals surface area contributed by atoms with Crippen molar-refractivity contribution in [1.29, 1.82) is 0 Å². The van der Waals surface area contributed by atoms with Gasteiger partial charge in [0.15, 0.2) is 0 Å². The van der Waals surface area contributed by atoms with Crippen LogP contribution in [0.5, 0.6) is 11.5 Å². The summed E-state index contributed by atoms with van der Waals surface area (Å²) in [5.41, 5.74) is 2.33. The van der Waals surface area contributed by atoms with Crippen molar-refractivity contribution in [3.8, 4) is 11.5 Å². The first-order chi connectivity index (χ1) is 11.2. The molecule has 0 aromatic heterocycles. The van der Waals surface area contributed by atoms with Crippen LogP contribution in [0.15, 0.2) is 48.5 Å². The SMILES string of the molecule is COc1ccc(CN2CCN(Cc3ccccc3)CC2)c(O)c1. The molecule has 1 N–H and O–H groups in total. The van der Waals surface area contributed by atoms with E-state index in [1.165, 1.54) is 5.56 Å². The molecule has 1 heterocycles. The number of ether oxygens (including phenoxy) is 1. The van der Waals surface area contributed by atoms with E-state index in [0.29, 0.717) is 11.5 Å². The van der Waals surface area contributed by atoms with Crippen molar-refractivity contribution in [1.82, 2.24) is 9.80 Å². The smallest absolute Gasteiger partial charge is 0.123 e. The molecule has 2 aromatic carbocycles. The molecule has 0 unspecified atom stereocenters. The predicted molar refractivity (Wildman–Crippen MR) is 91.7 cm³/mol. The van der Waals surface area contributed by atoms with Crippen LogP contribution in [-0.4, -0.2) is 48.2 Å². The molecular weight excluding hydrogens is 288 g/mol. The summed E-state index contributed by atoms with van der Waals surface area (Å²) in [6.45, 7) is 5.98. The van der Waals surface area contributed by atoms with Crippen LogP contribution in [0.2, 0.25) is 0 Å². The number of phenols is 1. The Kier molecular flexibility index (Phi) is 5.16. The summed E-state index contributed by atoms with van der Waals surface area (Å²) < 4.78 is 5.13. The zero-order chi connectivity index (χ0) is 16.1. The first-order valence-electron chi connectivity index (χ1n) is 8.09. The van der Waals surface area contributed by atoms with Gasteiger partial charge in [-0.1, -0.05) is 36.4 Å². The van der Waals surface area contributed by atoms with Crippen LogP contribution in [0, 0.1) is 0 Å². The van der Waals surface area contributed by atoms with Crippen molar-refractivity contribution in [2.75, 3.05) is 33.3 Å². The van der Waals surface area contributed by atoms with Crippen LogP contribution >= 0.6 is 0 Å². The van der Waals surface area contributed by atoms with Gasteiger partial charge in [-0.25, -0.2) is 0 Å². The minimum absolute atomic E-state index is 0.316. The van der Waals surface area contributed by atoms with Crippen molar-refractivity contribution in [2.24, 2.45) is 0 Å². The van der Waals surface area contributed by atoms with Crippen molar-refractivity contribution in [3.05, 3.63) is 59.7 Å². The summed E-state index contributed by atoms with van der Waals surface area (Å²) in [7, 11) is 1.61. The zero-order valence-corrected chi connectivity index (χ0v) is 13.6. The molecule has 0 bridgehead atoms. The van der Waals surface area contributed by atoms with Gasteiger partial charge in [-0.3, -0.25) is 9.80 Å². The third kappa shape index (κ3) is 4.24. The molecular formula is C19H24N2O2. The largest absolute Gasteiger partial charge is 0.507 e. The topological polar surface area (TPSA) is 35.9 Å². The summed E-state index contributed by atoms with van der Waals surface area (Å²) in [6.07, 6.45) is 0. The lowest BCUT2D eigenvalue weighted by Crippen LogP contribution is -2.45. The summed E-state index contributed by atoms with van der Waals surface area (Å²) in [4.78, 5) is 4.88. The van der Waals surface area contributed by atoms with E-state index in [-0.39, 0.29) is 0 Å². The van der Waals surface area contributed by atoms with Gasteiger partial charge in [0.25, 0.3) is 0 Å². The third-order valence-corrected chi connectivity index (χ3v) is 4.40. The fourth-order valence-electron chi connectivity index (χ4n) is 2.99. The Labute approximate surface area is 137 Å². The lowest BCUT2D eigenvalue weighted by atomic mass is 10.1. The Hall–Kier alpha value is -2.04. The fraction of sp³-hybridized carbons (Fsp3) is 0.368. The van der Waals surface area contributed by atoms with Gasteiger partial charge in [0.2, 0.25) is 0 Å². The van der Waals surface area contributed by atoms with E-state index in [0.717, 1.165) is 44.8 Å². The maximum atomic E-state index is 10.1. The quantitative estimate of drug-likeness (QED) is 0.921. The molecule has 1 aliphatic heterocycles. The molecule has 4 heteroatoms. The Morgan fingerprint density at radius 2 is 1.57 bits per heavy atom. The second-order valence-corrected chi connectivity index (χ2v) is 6.03. The number of hydrogen-bond donors (Lipinski definition) is 1. The number of methoxy groups -OCH3 is 1. The van der Waals surface area contributed by atoms with Gasteiger partial charge in [-0.05, 0) is 11.6 Å². The average molecular weight is 312 g/mol. The lowest BCUT2D eigenvalue weighted by Gasteiger charge is -2.34. The van der Waals surface area contributed by atoms with Crippen LogP contribution in [0.1, 0.15) is 11.1 Å². The number of benzene rings is 2. The van der Waals surface area contributed by atoms with Crippen molar-refractivity contribution in [2.45, 2.75) is 13.1 Å². The Morgan fingerprint density at radius 3 is 2.17 bits per heavy atom. The molecule has 0 amide bonds. The van der Waals surface area contributed by atoms with E-state index in [4.69, 9.17) is 4.74 Å². The van der Waals surface area contributed by atoms with Crippen LogP contribution in [0.25, 0.3) is 0 Å². The fourth-order valence-corrected chi connectivity index (χ4v) is 2.99. The maximum absolute atomic E-state index is 10.1.